The van der Waals surface area contributed by atoms with Crippen molar-refractivity contribution in [2.24, 2.45) is 5.92 Å². The zero-order chi connectivity index (χ0) is 13.7. The van der Waals surface area contributed by atoms with Crippen molar-refractivity contribution in [1.29, 1.82) is 0 Å². The Labute approximate surface area is 117 Å². The van der Waals surface area contributed by atoms with Gasteiger partial charge in [-0.15, -0.1) is 0 Å². The maximum absolute atomic E-state index is 13.6. The van der Waals surface area contributed by atoms with E-state index in [1.807, 2.05) is 0 Å². The van der Waals surface area contributed by atoms with E-state index in [1.165, 1.54) is 18.9 Å². The van der Waals surface area contributed by atoms with E-state index in [1.54, 1.807) is 12.1 Å². The lowest BCUT2D eigenvalue weighted by atomic mass is 10.2. The van der Waals surface area contributed by atoms with Gasteiger partial charge in [-0.25, -0.2) is 4.39 Å². The van der Waals surface area contributed by atoms with Gasteiger partial charge in [0.1, 0.15) is 5.82 Å². The van der Waals surface area contributed by atoms with Gasteiger partial charge in [0.25, 0.3) is 0 Å². The first-order valence-electron chi connectivity index (χ1n) is 6.57. The van der Waals surface area contributed by atoms with Crippen LogP contribution >= 0.6 is 11.6 Å². The van der Waals surface area contributed by atoms with Crippen LogP contribution in [0.25, 0.3) is 0 Å². The van der Waals surface area contributed by atoms with Crippen molar-refractivity contribution in [2.45, 2.75) is 25.8 Å². The first-order valence-corrected chi connectivity index (χ1v) is 6.95. The smallest absolute Gasteiger partial charge is 0.234 e. The maximum atomic E-state index is 13.6. The van der Waals surface area contributed by atoms with Gasteiger partial charge in [0.05, 0.1) is 11.6 Å². The molecule has 0 atom stereocenters. The van der Waals surface area contributed by atoms with Gasteiger partial charge in [-0.3, -0.25) is 4.79 Å². The molecule has 0 radical (unpaired) electrons. The Morgan fingerprint density at radius 1 is 1.42 bits per heavy atom. The maximum Gasteiger partial charge on any atom is 0.234 e. The third kappa shape index (κ3) is 4.80. The Bertz CT molecular complexity index is 449. The van der Waals surface area contributed by atoms with Crippen LogP contribution in [-0.4, -0.2) is 19.0 Å². The molecule has 104 valence electrons. The molecule has 0 saturated heterocycles. The summed E-state index contributed by atoms with van der Waals surface area (Å²) in [6, 6.07) is 4.77. The average Bonchev–Trinajstić information content (AvgIpc) is 3.20. The minimum atomic E-state index is -0.467. The van der Waals surface area contributed by atoms with E-state index in [0.717, 1.165) is 18.9 Å². The lowest BCUT2D eigenvalue weighted by Crippen LogP contribution is -2.34. The number of rotatable bonds is 7. The SMILES string of the molecule is O=C(CNCCC1CC1)NCc1cccc(Cl)c1F. The molecule has 5 heteroatoms. The van der Waals surface area contributed by atoms with Crippen LogP contribution in [-0.2, 0) is 11.3 Å². The molecule has 0 aromatic heterocycles. The van der Waals surface area contributed by atoms with E-state index in [4.69, 9.17) is 11.6 Å². The molecule has 0 aliphatic heterocycles. The van der Waals surface area contributed by atoms with Gasteiger partial charge in [0.15, 0.2) is 0 Å². The van der Waals surface area contributed by atoms with Gasteiger partial charge in [-0.05, 0) is 24.9 Å². The Morgan fingerprint density at radius 3 is 2.95 bits per heavy atom. The van der Waals surface area contributed by atoms with E-state index in [2.05, 4.69) is 10.6 Å². The molecule has 0 unspecified atom stereocenters. The van der Waals surface area contributed by atoms with Crippen molar-refractivity contribution < 1.29 is 9.18 Å². The minimum absolute atomic E-state index is 0.0781. The quantitative estimate of drug-likeness (QED) is 0.755. The second-order valence-electron chi connectivity index (χ2n) is 4.90. The van der Waals surface area contributed by atoms with E-state index in [9.17, 15) is 9.18 Å². The Balaban J connectivity index is 1.65. The largest absolute Gasteiger partial charge is 0.351 e. The molecule has 1 aliphatic rings. The van der Waals surface area contributed by atoms with Crippen LogP contribution in [0.4, 0.5) is 4.39 Å². The summed E-state index contributed by atoms with van der Waals surface area (Å²) in [5.41, 5.74) is 0.402. The summed E-state index contributed by atoms with van der Waals surface area (Å²) in [5.74, 6) is 0.262. The molecule has 1 saturated carbocycles. The Hall–Kier alpha value is -1.13. The number of hydrogen-bond donors (Lipinski definition) is 2. The number of carbonyl (C=O) groups is 1. The molecule has 1 amide bonds. The van der Waals surface area contributed by atoms with E-state index in [0.29, 0.717) is 5.56 Å². The first-order chi connectivity index (χ1) is 9.16. The summed E-state index contributed by atoms with van der Waals surface area (Å²) >= 11 is 5.67. The molecule has 1 aromatic rings. The van der Waals surface area contributed by atoms with Crippen molar-refractivity contribution in [3.63, 3.8) is 0 Å². The summed E-state index contributed by atoms with van der Waals surface area (Å²) in [4.78, 5) is 11.5. The second-order valence-corrected chi connectivity index (χ2v) is 5.31. The van der Waals surface area contributed by atoms with Crippen molar-refractivity contribution in [3.05, 3.63) is 34.6 Å². The summed E-state index contributed by atoms with van der Waals surface area (Å²) in [6.45, 7) is 1.30. The van der Waals surface area contributed by atoms with E-state index in [-0.39, 0.29) is 24.0 Å². The van der Waals surface area contributed by atoms with Crippen molar-refractivity contribution in [1.82, 2.24) is 10.6 Å². The van der Waals surface area contributed by atoms with Crippen LogP contribution in [0, 0.1) is 11.7 Å². The summed E-state index contributed by atoms with van der Waals surface area (Å²) in [5, 5.41) is 5.84. The summed E-state index contributed by atoms with van der Waals surface area (Å²) in [7, 11) is 0. The highest BCUT2D eigenvalue weighted by molar-refractivity contribution is 6.30. The van der Waals surface area contributed by atoms with Gasteiger partial charge < -0.3 is 10.6 Å². The van der Waals surface area contributed by atoms with Crippen LogP contribution in [0.1, 0.15) is 24.8 Å². The van der Waals surface area contributed by atoms with Crippen LogP contribution in [0.15, 0.2) is 18.2 Å². The monoisotopic (exact) mass is 284 g/mol. The number of halogens is 2. The second kappa shape index (κ2) is 6.87. The number of benzene rings is 1. The third-order valence-corrected chi connectivity index (χ3v) is 3.51. The van der Waals surface area contributed by atoms with Crippen molar-refractivity contribution >= 4 is 17.5 Å². The molecule has 0 spiro atoms. The predicted molar refractivity (Wildman–Crippen MR) is 73.5 cm³/mol. The standard InChI is InChI=1S/C14H18ClFN2O/c15-12-3-1-2-11(14(12)16)8-18-13(19)9-17-7-6-10-4-5-10/h1-3,10,17H,4-9H2,(H,18,19). The van der Waals surface area contributed by atoms with E-state index < -0.39 is 5.82 Å². The van der Waals surface area contributed by atoms with Crippen molar-refractivity contribution in [3.8, 4) is 0 Å². The molecule has 2 rings (SSSR count). The molecule has 19 heavy (non-hydrogen) atoms. The molecule has 0 bridgehead atoms. The van der Waals surface area contributed by atoms with Crippen LogP contribution < -0.4 is 10.6 Å². The lowest BCUT2D eigenvalue weighted by Gasteiger charge is -2.08. The highest BCUT2D eigenvalue weighted by Gasteiger charge is 2.20. The van der Waals surface area contributed by atoms with Crippen LogP contribution in [0.2, 0.25) is 5.02 Å². The zero-order valence-corrected chi connectivity index (χ0v) is 11.5. The fourth-order valence-electron chi connectivity index (χ4n) is 1.86. The molecule has 1 fully saturated rings. The summed E-state index contributed by atoms with van der Waals surface area (Å²) < 4.78 is 13.6. The van der Waals surface area contributed by atoms with Gasteiger partial charge in [-0.1, -0.05) is 36.6 Å². The number of carbonyl (C=O) groups excluding carboxylic acids is 1. The Kier molecular flexibility index (Phi) is 5.16. The number of nitrogens with one attached hydrogen (secondary N) is 2. The Morgan fingerprint density at radius 2 is 2.21 bits per heavy atom. The normalized spacial score (nSPS) is 14.4. The molecular formula is C14H18ClFN2O. The van der Waals surface area contributed by atoms with Crippen LogP contribution in [0.5, 0.6) is 0 Å². The molecule has 3 nitrogen and oxygen atoms in total. The summed E-state index contributed by atoms with van der Waals surface area (Å²) in [6.07, 6.45) is 3.78. The molecule has 1 aromatic carbocycles. The highest BCUT2D eigenvalue weighted by Crippen LogP contribution is 2.31. The average molecular weight is 285 g/mol. The fourth-order valence-corrected chi connectivity index (χ4v) is 2.05. The topological polar surface area (TPSA) is 41.1 Å². The van der Waals surface area contributed by atoms with Gasteiger partial charge >= 0.3 is 0 Å². The fraction of sp³-hybridized carbons (Fsp3) is 0.500. The lowest BCUT2D eigenvalue weighted by molar-refractivity contribution is -0.120. The van der Waals surface area contributed by atoms with Gasteiger partial charge in [0.2, 0.25) is 5.91 Å². The molecular weight excluding hydrogens is 267 g/mol. The van der Waals surface area contributed by atoms with Crippen molar-refractivity contribution in [2.75, 3.05) is 13.1 Å². The first kappa shape index (κ1) is 14.3. The minimum Gasteiger partial charge on any atom is -0.351 e. The number of hydrogen-bond acceptors (Lipinski definition) is 2. The highest BCUT2D eigenvalue weighted by atomic mass is 35.5. The third-order valence-electron chi connectivity index (χ3n) is 3.22. The molecule has 1 aliphatic carbocycles. The number of amides is 1. The molecule has 2 N–H and O–H groups in total. The van der Waals surface area contributed by atoms with E-state index >= 15 is 0 Å². The molecule has 0 heterocycles. The zero-order valence-electron chi connectivity index (χ0n) is 10.7. The van der Waals surface area contributed by atoms with Gasteiger partial charge in [0, 0.05) is 12.1 Å². The predicted octanol–water partition coefficient (Wildman–Crippen LogP) is 2.49. The van der Waals surface area contributed by atoms with Crippen LogP contribution in [0.3, 0.4) is 0 Å². The van der Waals surface area contributed by atoms with Gasteiger partial charge in [-0.2, -0.15) is 0 Å².